The van der Waals surface area contributed by atoms with Crippen molar-refractivity contribution in [2.24, 2.45) is 0 Å². The number of hydrogen-bond donors (Lipinski definition) is 0. The van der Waals surface area contributed by atoms with Crippen LogP contribution in [0.2, 0.25) is 0 Å². The molecular weight excluding hydrogens is 402 g/mol. The van der Waals surface area contributed by atoms with Crippen LogP contribution >= 0.6 is 31.9 Å². The molecule has 0 aliphatic heterocycles. The smallest absolute Gasteiger partial charge is 0.393 e. The average Bonchev–Trinajstić information content (AvgIpc) is 2.36. The first-order valence-electron chi connectivity index (χ1n) is 5.25. The SMILES string of the molecule is O=C(Oc1ccc(F)cc1Br)Oc1ccc(F)cc1Br. The number of carbonyl (C=O) groups excluding carboxylic acids is 1. The molecule has 104 valence electrons. The second-order valence-corrected chi connectivity index (χ2v) is 5.31. The molecule has 0 unspecified atom stereocenters. The Morgan fingerprint density at radius 3 is 1.60 bits per heavy atom. The number of carbonyl (C=O) groups is 1. The molecule has 3 nitrogen and oxygen atoms in total. The van der Waals surface area contributed by atoms with Crippen molar-refractivity contribution in [3.8, 4) is 11.5 Å². The average molecular weight is 408 g/mol. The van der Waals surface area contributed by atoms with Crippen LogP contribution in [0.25, 0.3) is 0 Å². The summed E-state index contributed by atoms with van der Waals surface area (Å²) in [4.78, 5) is 11.6. The molecule has 0 aliphatic rings. The third-order valence-electron chi connectivity index (χ3n) is 2.17. The van der Waals surface area contributed by atoms with E-state index in [0.29, 0.717) is 0 Å². The largest absolute Gasteiger partial charge is 0.519 e. The first-order chi connectivity index (χ1) is 9.45. The Labute approximate surface area is 129 Å². The summed E-state index contributed by atoms with van der Waals surface area (Å²) in [7, 11) is 0. The molecule has 0 N–H and O–H groups in total. The van der Waals surface area contributed by atoms with Crippen molar-refractivity contribution in [1.82, 2.24) is 0 Å². The fraction of sp³-hybridized carbons (Fsp3) is 0. The van der Waals surface area contributed by atoms with Gasteiger partial charge in [0.2, 0.25) is 0 Å². The number of benzene rings is 2. The highest BCUT2D eigenvalue weighted by Gasteiger charge is 2.13. The lowest BCUT2D eigenvalue weighted by Crippen LogP contribution is -2.14. The zero-order chi connectivity index (χ0) is 14.7. The molecule has 2 aromatic rings. The summed E-state index contributed by atoms with van der Waals surface area (Å²) in [5.74, 6) is -0.734. The van der Waals surface area contributed by atoms with Crippen LogP contribution in [-0.4, -0.2) is 6.16 Å². The molecule has 0 amide bonds. The van der Waals surface area contributed by atoms with Crippen LogP contribution < -0.4 is 9.47 Å². The van der Waals surface area contributed by atoms with Crippen LogP contribution in [0.15, 0.2) is 45.3 Å². The zero-order valence-electron chi connectivity index (χ0n) is 9.70. The maximum Gasteiger partial charge on any atom is 0.519 e. The summed E-state index contributed by atoms with van der Waals surface area (Å²) in [5, 5.41) is 0. The number of halogens is 4. The van der Waals surface area contributed by atoms with Crippen molar-refractivity contribution in [2.45, 2.75) is 0 Å². The van der Waals surface area contributed by atoms with Crippen LogP contribution in [0.5, 0.6) is 11.5 Å². The highest BCUT2D eigenvalue weighted by Crippen LogP contribution is 2.28. The third-order valence-corrected chi connectivity index (χ3v) is 3.41. The first-order valence-corrected chi connectivity index (χ1v) is 6.84. The van der Waals surface area contributed by atoms with Crippen LogP contribution in [-0.2, 0) is 0 Å². The van der Waals surface area contributed by atoms with Crippen molar-refractivity contribution in [1.29, 1.82) is 0 Å². The lowest BCUT2D eigenvalue weighted by Gasteiger charge is -2.08. The van der Waals surface area contributed by atoms with Gasteiger partial charge in [-0.25, -0.2) is 13.6 Å². The summed E-state index contributed by atoms with van der Waals surface area (Å²) < 4.78 is 36.1. The summed E-state index contributed by atoms with van der Waals surface area (Å²) >= 11 is 6.11. The van der Waals surface area contributed by atoms with Gasteiger partial charge in [0, 0.05) is 0 Å². The molecule has 0 spiro atoms. The first kappa shape index (κ1) is 14.9. The molecule has 0 fully saturated rings. The van der Waals surface area contributed by atoms with Crippen molar-refractivity contribution in [2.75, 3.05) is 0 Å². The van der Waals surface area contributed by atoms with Crippen LogP contribution in [0.1, 0.15) is 0 Å². The quantitative estimate of drug-likeness (QED) is 0.515. The number of hydrogen-bond acceptors (Lipinski definition) is 3. The molecular formula is C13H6Br2F2O3. The minimum absolute atomic E-state index is 0.106. The topological polar surface area (TPSA) is 35.5 Å². The van der Waals surface area contributed by atoms with Crippen molar-refractivity contribution in [3.63, 3.8) is 0 Å². The van der Waals surface area contributed by atoms with Gasteiger partial charge in [-0.3, -0.25) is 0 Å². The Morgan fingerprint density at radius 1 is 0.850 bits per heavy atom. The van der Waals surface area contributed by atoms with E-state index in [0.717, 1.165) is 24.3 Å². The molecule has 0 aromatic heterocycles. The normalized spacial score (nSPS) is 10.2. The van der Waals surface area contributed by atoms with Gasteiger partial charge >= 0.3 is 6.16 Å². The van der Waals surface area contributed by atoms with E-state index in [-0.39, 0.29) is 20.4 Å². The molecule has 0 atom stereocenters. The summed E-state index contributed by atoms with van der Waals surface area (Å²) in [6.07, 6.45) is -1.02. The fourth-order valence-corrected chi connectivity index (χ4v) is 2.18. The van der Waals surface area contributed by atoms with E-state index in [9.17, 15) is 13.6 Å². The fourth-order valence-electron chi connectivity index (χ4n) is 1.32. The maximum atomic E-state index is 12.9. The second kappa shape index (κ2) is 6.32. The Hall–Kier alpha value is -1.47. The Bertz CT molecular complexity index is 607. The monoisotopic (exact) mass is 406 g/mol. The minimum atomic E-state index is -1.02. The standard InChI is InChI=1S/C13H6Br2F2O3/c14-9-5-7(16)1-3-11(9)19-13(18)20-12-4-2-8(17)6-10(12)15/h1-6H. The zero-order valence-corrected chi connectivity index (χ0v) is 12.9. The van der Waals surface area contributed by atoms with Crippen LogP contribution in [0, 0.1) is 11.6 Å². The van der Waals surface area contributed by atoms with Crippen LogP contribution in [0.3, 0.4) is 0 Å². The molecule has 0 heterocycles. The summed E-state index contributed by atoms with van der Waals surface area (Å²) in [6, 6.07) is 7.13. The van der Waals surface area contributed by atoms with E-state index >= 15 is 0 Å². The molecule has 0 radical (unpaired) electrons. The maximum absolute atomic E-state index is 12.9. The lowest BCUT2D eigenvalue weighted by molar-refractivity contribution is 0.151. The van der Waals surface area contributed by atoms with Gasteiger partial charge in [0.1, 0.15) is 23.1 Å². The minimum Gasteiger partial charge on any atom is -0.393 e. The van der Waals surface area contributed by atoms with Crippen molar-refractivity contribution >= 4 is 38.0 Å². The predicted octanol–water partition coefficient (Wildman–Crippen LogP) is 5.07. The highest BCUT2D eigenvalue weighted by molar-refractivity contribution is 9.10. The lowest BCUT2D eigenvalue weighted by atomic mass is 10.3. The predicted molar refractivity (Wildman–Crippen MR) is 74.9 cm³/mol. The van der Waals surface area contributed by atoms with E-state index in [2.05, 4.69) is 31.9 Å². The van der Waals surface area contributed by atoms with Gasteiger partial charge in [-0.15, -0.1) is 0 Å². The van der Waals surface area contributed by atoms with E-state index in [1.54, 1.807) is 0 Å². The summed E-state index contributed by atoms with van der Waals surface area (Å²) in [6.45, 7) is 0. The van der Waals surface area contributed by atoms with Crippen molar-refractivity contribution in [3.05, 3.63) is 57.0 Å². The van der Waals surface area contributed by atoms with Gasteiger partial charge in [-0.05, 0) is 68.3 Å². The van der Waals surface area contributed by atoms with E-state index in [4.69, 9.17) is 9.47 Å². The van der Waals surface area contributed by atoms with Gasteiger partial charge in [0.05, 0.1) is 8.95 Å². The van der Waals surface area contributed by atoms with E-state index in [1.807, 2.05) is 0 Å². The molecule has 0 aliphatic carbocycles. The second-order valence-electron chi connectivity index (χ2n) is 3.60. The third kappa shape index (κ3) is 3.77. The van der Waals surface area contributed by atoms with E-state index in [1.165, 1.54) is 12.1 Å². The molecule has 20 heavy (non-hydrogen) atoms. The van der Waals surface area contributed by atoms with Crippen molar-refractivity contribution < 1.29 is 23.0 Å². The molecule has 0 bridgehead atoms. The Morgan fingerprint density at radius 2 is 1.25 bits per heavy atom. The van der Waals surface area contributed by atoms with Gasteiger partial charge in [0.25, 0.3) is 0 Å². The number of ether oxygens (including phenoxy) is 2. The van der Waals surface area contributed by atoms with Crippen LogP contribution in [0.4, 0.5) is 13.6 Å². The highest BCUT2D eigenvalue weighted by atomic mass is 79.9. The Balaban J connectivity index is 2.09. The molecule has 0 saturated carbocycles. The Kier molecular flexibility index (Phi) is 4.72. The molecule has 2 aromatic carbocycles. The van der Waals surface area contributed by atoms with Gasteiger partial charge in [-0.1, -0.05) is 0 Å². The molecule has 7 heteroatoms. The van der Waals surface area contributed by atoms with Gasteiger partial charge in [0.15, 0.2) is 0 Å². The molecule has 0 saturated heterocycles. The number of rotatable bonds is 2. The summed E-state index contributed by atoms with van der Waals surface area (Å²) in [5.41, 5.74) is 0. The van der Waals surface area contributed by atoms with Gasteiger partial charge in [-0.2, -0.15) is 0 Å². The van der Waals surface area contributed by atoms with E-state index < -0.39 is 17.8 Å². The molecule has 2 rings (SSSR count). The van der Waals surface area contributed by atoms with Gasteiger partial charge < -0.3 is 9.47 Å².